The summed E-state index contributed by atoms with van der Waals surface area (Å²) in [6.07, 6.45) is 0. The molecule has 1 saturated heterocycles. The third-order valence-electron chi connectivity index (χ3n) is 2.93. The fourth-order valence-corrected chi connectivity index (χ4v) is 3.04. The van der Waals surface area contributed by atoms with Crippen molar-refractivity contribution >= 4 is 28.9 Å². The zero-order chi connectivity index (χ0) is 12.5. The summed E-state index contributed by atoms with van der Waals surface area (Å²) in [7, 11) is 0. The quantitative estimate of drug-likeness (QED) is 0.885. The number of hydrogen-bond donors (Lipinski definition) is 2. The topological polar surface area (TPSA) is 56.8 Å². The highest BCUT2D eigenvalue weighted by Crippen LogP contribution is 2.29. The number of piperazine rings is 1. The van der Waals surface area contributed by atoms with E-state index in [2.05, 4.69) is 32.3 Å². The van der Waals surface area contributed by atoms with E-state index in [0.717, 1.165) is 40.6 Å². The molecule has 2 N–H and O–H groups in total. The van der Waals surface area contributed by atoms with Gasteiger partial charge in [-0.1, -0.05) is 11.6 Å². The molecule has 3 heterocycles. The van der Waals surface area contributed by atoms with Crippen molar-refractivity contribution < 1.29 is 0 Å². The van der Waals surface area contributed by atoms with E-state index in [1.807, 2.05) is 12.1 Å². The zero-order valence-corrected chi connectivity index (χ0v) is 11.6. The molecule has 3 rings (SSSR count). The van der Waals surface area contributed by atoms with Crippen molar-refractivity contribution in [3.8, 4) is 10.7 Å². The molecule has 1 aliphatic rings. The van der Waals surface area contributed by atoms with Gasteiger partial charge in [-0.3, -0.25) is 5.10 Å². The van der Waals surface area contributed by atoms with E-state index in [1.165, 1.54) is 11.3 Å². The number of hydrogen-bond acceptors (Lipinski definition) is 5. The van der Waals surface area contributed by atoms with Gasteiger partial charge in [0.05, 0.1) is 9.21 Å². The Hall–Kier alpha value is -1.11. The third kappa shape index (κ3) is 2.36. The van der Waals surface area contributed by atoms with Crippen molar-refractivity contribution in [2.45, 2.75) is 13.0 Å². The van der Waals surface area contributed by atoms with Crippen LogP contribution in [0.1, 0.15) is 6.92 Å². The molecule has 0 bridgehead atoms. The summed E-state index contributed by atoms with van der Waals surface area (Å²) in [5, 5.41) is 10.7. The molecule has 18 heavy (non-hydrogen) atoms. The Bertz CT molecular complexity index is 537. The van der Waals surface area contributed by atoms with Gasteiger partial charge in [0.25, 0.3) is 0 Å². The lowest BCUT2D eigenvalue weighted by Crippen LogP contribution is -2.49. The maximum absolute atomic E-state index is 5.92. The molecule has 1 aliphatic heterocycles. The van der Waals surface area contributed by atoms with Gasteiger partial charge < -0.3 is 10.2 Å². The molecule has 2 aromatic heterocycles. The maximum Gasteiger partial charge on any atom is 0.245 e. The third-order valence-corrected chi connectivity index (χ3v) is 4.17. The molecular formula is C11H14ClN5S. The second-order valence-electron chi connectivity index (χ2n) is 4.39. The number of anilines is 1. The van der Waals surface area contributed by atoms with Gasteiger partial charge in [-0.25, -0.2) is 0 Å². The lowest BCUT2D eigenvalue weighted by Gasteiger charge is -2.30. The molecule has 0 amide bonds. The molecule has 1 unspecified atom stereocenters. The fourth-order valence-electron chi connectivity index (χ4n) is 2.06. The van der Waals surface area contributed by atoms with Gasteiger partial charge in [0.1, 0.15) is 0 Å². The van der Waals surface area contributed by atoms with Crippen LogP contribution < -0.4 is 10.2 Å². The van der Waals surface area contributed by atoms with Gasteiger partial charge >= 0.3 is 0 Å². The van der Waals surface area contributed by atoms with Gasteiger partial charge in [-0.15, -0.1) is 16.4 Å². The summed E-state index contributed by atoms with van der Waals surface area (Å²) >= 11 is 7.42. The number of nitrogens with zero attached hydrogens (tertiary/aromatic N) is 3. The monoisotopic (exact) mass is 283 g/mol. The average Bonchev–Trinajstić information content (AvgIpc) is 2.97. The van der Waals surface area contributed by atoms with Crippen LogP contribution in [0.25, 0.3) is 10.7 Å². The minimum atomic E-state index is 0.469. The molecule has 7 heteroatoms. The Kier molecular flexibility index (Phi) is 3.23. The Labute approximate surface area is 114 Å². The highest BCUT2D eigenvalue weighted by Gasteiger charge is 2.19. The minimum absolute atomic E-state index is 0.469. The SMILES string of the molecule is CC1CN(c2n[nH]c(-c3ccc(Cl)s3)n2)CCN1. The van der Waals surface area contributed by atoms with Crippen LogP contribution in [-0.4, -0.2) is 40.9 Å². The highest BCUT2D eigenvalue weighted by molar-refractivity contribution is 7.19. The van der Waals surface area contributed by atoms with Crippen LogP contribution in [0.5, 0.6) is 0 Å². The summed E-state index contributed by atoms with van der Waals surface area (Å²) in [5.41, 5.74) is 0. The van der Waals surface area contributed by atoms with Crippen LogP contribution in [0.2, 0.25) is 4.34 Å². The summed E-state index contributed by atoms with van der Waals surface area (Å²) in [6.45, 7) is 5.00. The van der Waals surface area contributed by atoms with Crippen LogP contribution in [-0.2, 0) is 0 Å². The lowest BCUT2D eigenvalue weighted by atomic mass is 10.2. The van der Waals surface area contributed by atoms with Crippen LogP contribution in [0.15, 0.2) is 12.1 Å². The second-order valence-corrected chi connectivity index (χ2v) is 6.10. The van der Waals surface area contributed by atoms with Gasteiger partial charge in [0.15, 0.2) is 5.82 Å². The standard InChI is InChI=1S/C11H14ClN5S/c1-7-6-17(5-4-13-7)11-14-10(15-16-11)8-2-3-9(12)18-8/h2-3,7,13H,4-6H2,1H3,(H,14,15,16). The van der Waals surface area contributed by atoms with Crippen molar-refractivity contribution in [3.63, 3.8) is 0 Å². The van der Waals surface area contributed by atoms with Crippen molar-refractivity contribution in [1.29, 1.82) is 0 Å². The first kappa shape index (κ1) is 12.0. The normalized spacial score (nSPS) is 20.3. The van der Waals surface area contributed by atoms with Gasteiger partial charge in [0, 0.05) is 25.7 Å². The Balaban J connectivity index is 1.80. The minimum Gasteiger partial charge on any atom is -0.337 e. The van der Waals surface area contributed by atoms with Crippen LogP contribution in [0.4, 0.5) is 5.95 Å². The molecule has 1 fully saturated rings. The number of thiophene rings is 1. The van der Waals surface area contributed by atoms with E-state index in [9.17, 15) is 0 Å². The molecular weight excluding hydrogens is 270 g/mol. The van der Waals surface area contributed by atoms with Crippen LogP contribution >= 0.6 is 22.9 Å². The van der Waals surface area contributed by atoms with Crippen molar-refractivity contribution in [2.75, 3.05) is 24.5 Å². The number of H-pyrrole nitrogens is 1. The van der Waals surface area contributed by atoms with Gasteiger partial charge in [0.2, 0.25) is 5.95 Å². The number of aromatic nitrogens is 3. The fraction of sp³-hybridized carbons (Fsp3) is 0.455. The Morgan fingerprint density at radius 1 is 1.50 bits per heavy atom. The van der Waals surface area contributed by atoms with Gasteiger partial charge in [-0.05, 0) is 19.1 Å². The molecule has 1 atom stereocenters. The van der Waals surface area contributed by atoms with Crippen molar-refractivity contribution in [1.82, 2.24) is 20.5 Å². The van der Waals surface area contributed by atoms with E-state index in [4.69, 9.17) is 11.6 Å². The van der Waals surface area contributed by atoms with Crippen molar-refractivity contribution in [2.24, 2.45) is 0 Å². The molecule has 5 nitrogen and oxygen atoms in total. The highest BCUT2D eigenvalue weighted by atomic mass is 35.5. The largest absolute Gasteiger partial charge is 0.337 e. The molecule has 0 spiro atoms. The lowest BCUT2D eigenvalue weighted by molar-refractivity contribution is 0.480. The summed E-state index contributed by atoms with van der Waals surface area (Å²) in [4.78, 5) is 7.74. The number of rotatable bonds is 2. The molecule has 0 saturated carbocycles. The number of aromatic amines is 1. The summed E-state index contributed by atoms with van der Waals surface area (Å²) < 4.78 is 0.763. The Morgan fingerprint density at radius 2 is 2.39 bits per heavy atom. The molecule has 96 valence electrons. The Morgan fingerprint density at radius 3 is 3.11 bits per heavy atom. The summed E-state index contributed by atoms with van der Waals surface area (Å²) in [6, 6.07) is 4.30. The first-order chi connectivity index (χ1) is 8.72. The molecule has 0 aromatic carbocycles. The first-order valence-electron chi connectivity index (χ1n) is 5.89. The average molecular weight is 284 g/mol. The molecule has 0 aliphatic carbocycles. The number of halogens is 1. The van der Waals surface area contributed by atoms with Crippen molar-refractivity contribution in [3.05, 3.63) is 16.5 Å². The molecule has 0 radical (unpaired) electrons. The predicted molar refractivity (Wildman–Crippen MR) is 74.4 cm³/mol. The maximum atomic E-state index is 5.92. The van der Waals surface area contributed by atoms with E-state index in [1.54, 1.807) is 0 Å². The van der Waals surface area contributed by atoms with Crippen LogP contribution in [0.3, 0.4) is 0 Å². The first-order valence-corrected chi connectivity index (χ1v) is 7.08. The molecule has 2 aromatic rings. The van der Waals surface area contributed by atoms with E-state index in [0.29, 0.717) is 6.04 Å². The van der Waals surface area contributed by atoms with Crippen LogP contribution in [0, 0.1) is 0 Å². The number of nitrogens with one attached hydrogen (secondary N) is 2. The summed E-state index contributed by atoms with van der Waals surface area (Å²) in [5.74, 6) is 1.55. The van der Waals surface area contributed by atoms with Gasteiger partial charge in [-0.2, -0.15) is 4.98 Å². The van der Waals surface area contributed by atoms with E-state index >= 15 is 0 Å². The smallest absolute Gasteiger partial charge is 0.245 e. The second kappa shape index (κ2) is 4.87. The zero-order valence-electron chi connectivity index (χ0n) is 9.98. The predicted octanol–water partition coefficient (Wildman–Crippen LogP) is 1.98. The van der Waals surface area contributed by atoms with E-state index in [-0.39, 0.29) is 0 Å². The van der Waals surface area contributed by atoms with E-state index < -0.39 is 0 Å².